The van der Waals surface area contributed by atoms with Crippen molar-refractivity contribution in [1.82, 2.24) is 14.9 Å². The third kappa shape index (κ3) is 2.41. The maximum atomic E-state index is 11.8. The molecule has 0 bridgehead atoms. The zero-order chi connectivity index (χ0) is 14.0. The van der Waals surface area contributed by atoms with E-state index < -0.39 is 17.6 Å². The van der Waals surface area contributed by atoms with Crippen LogP contribution in [0.4, 0.5) is 0 Å². The Morgan fingerprint density at radius 3 is 2.84 bits per heavy atom. The molecule has 0 saturated carbocycles. The van der Waals surface area contributed by atoms with Gasteiger partial charge < -0.3 is 19.8 Å². The van der Waals surface area contributed by atoms with E-state index in [1.807, 2.05) is 0 Å². The summed E-state index contributed by atoms with van der Waals surface area (Å²) in [6, 6.07) is 1.46. The molecule has 0 atom stereocenters. The van der Waals surface area contributed by atoms with Crippen LogP contribution in [0.25, 0.3) is 0 Å². The molecule has 8 heteroatoms. The van der Waals surface area contributed by atoms with Gasteiger partial charge in [0.15, 0.2) is 0 Å². The second-order valence-electron chi connectivity index (χ2n) is 3.80. The fraction of sp³-hybridized carbons (Fsp3) is 0.182. The quantitative estimate of drug-likeness (QED) is 0.715. The summed E-state index contributed by atoms with van der Waals surface area (Å²) in [6.07, 6.45) is 2.52. The Bertz CT molecular complexity index is 679. The van der Waals surface area contributed by atoms with Crippen LogP contribution in [0.2, 0.25) is 0 Å². The Kier molecular flexibility index (Phi) is 3.23. The van der Waals surface area contributed by atoms with Gasteiger partial charge in [-0.1, -0.05) is 0 Å². The molecule has 0 spiro atoms. The number of carboxylic acids is 1. The summed E-state index contributed by atoms with van der Waals surface area (Å²) in [5, 5.41) is 11.3. The van der Waals surface area contributed by atoms with Gasteiger partial charge in [-0.15, -0.1) is 0 Å². The maximum absolute atomic E-state index is 11.8. The molecule has 2 rings (SSSR count). The van der Waals surface area contributed by atoms with E-state index in [-0.39, 0.29) is 18.0 Å². The number of amides is 1. The van der Waals surface area contributed by atoms with Crippen molar-refractivity contribution in [2.24, 2.45) is 7.05 Å². The molecule has 2 aromatic rings. The molecular formula is C11H11N3O5. The summed E-state index contributed by atoms with van der Waals surface area (Å²) in [4.78, 5) is 36.1. The Balaban J connectivity index is 2.09. The smallest absolute Gasteiger partial charge is 0.372 e. The van der Waals surface area contributed by atoms with Gasteiger partial charge in [0.1, 0.15) is 5.69 Å². The van der Waals surface area contributed by atoms with E-state index in [0.717, 1.165) is 4.57 Å². The molecule has 0 saturated heterocycles. The minimum atomic E-state index is -1.21. The van der Waals surface area contributed by atoms with Crippen molar-refractivity contribution in [2.75, 3.05) is 0 Å². The van der Waals surface area contributed by atoms with Gasteiger partial charge in [-0.3, -0.25) is 9.36 Å². The average molecular weight is 265 g/mol. The monoisotopic (exact) mass is 265 g/mol. The van der Waals surface area contributed by atoms with Crippen LogP contribution < -0.4 is 11.0 Å². The van der Waals surface area contributed by atoms with Crippen LogP contribution in [0.1, 0.15) is 26.6 Å². The number of rotatable bonds is 4. The van der Waals surface area contributed by atoms with Crippen LogP contribution in [0.15, 0.2) is 27.7 Å². The van der Waals surface area contributed by atoms with Gasteiger partial charge in [-0.25, -0.2) is 9.59 Å². The number of hydrogen-bond donors (Lipinski definition) is 3. The number of aromatic carboxylic acids is 1. The molecule has 19 heavy (non-hydrogen) atoms. The summed E-state index contributed by atoms with van der Waals surface area (Å²) in [7, 11) is 1.45. The van der Waals surface area contributed by atoms with Crippen molar-refractivity contribution in [3.63, 3.8) is 0 Å². The Morgan fingerprint density at radius 1 is 1.53 bits per heavy atom. The topological polar surface area (TPSA) is 117 Å². The van der Waals surface area contributed by atoms with Gasteiger partial charge in [0.2, 0.25) is 5.76 Å². The zero-order valence-corrected chi connectivity index (χ0v) is 9.97. The van der Waals surface area contributed by atoms with Crippen LogP contribution >= 0.6 is 0 Å². The fourth-order valence-corrected chi connectivity index (χ4v) is 1.58. The molecule has 0 aliphatic rings. The summed E-state index contributed by atoms with van der Waals surface area (Å²) < 4.78 is 5.94. The average Bonchev–Trinajstić information content (AvgIpc) is 2.95. The Morgan fingerprint density at radius 2 is 2.26 bits per heavy atom. The molecule has 0 fully saturated rings. The molecule has 0 aliphatic heterocycles. The van der Waals surface area contributed by atoms with E-state index in [9.17, 15) is 14.4 Å². The van der Waals surface area contributed by atoms with Crippen LogP contribution in [-0.4, -0.2) is 26.5 Å². The molecular weight excluding hydrogens is 254 g/mol. The second kappa shape index (κ2) is 4.84. The number of hydrogen-bond acceptors (Lipinski definition) is 4. The van der Waals surface area contributed by atoms with Gasteiger partial charge in [-0.05, 0) is 6.07 Å². The standard InChI is InChI=1S/C11H11N3O5/c1-14-7(5-13-11(14)18)9(15)12-4-6-2-3-19-8(6)10(16)17/h2-3,5H,4H2,1H3,(H,12,15)(H,13,18)(H,16,17). The number of aromatic amines is 1. The largest absolute Gasteiger partial charge is 0.475 e. The molecule has 0 unspecified atom stereocenters. The SMILES string of the molecule is Cn1c(C(=O)NCc2ccoc2C(=O)O)c[nH]c1=O. The molecule has 0 radical (unpaired) electrons. The number of nitrogens with zero attached hydrogens (tertiary/aromatic N) is 1. The third-order valence-corrected chi connectivity index (χ3v) is 2.61. The minimum Gasteiger partial charge on any atom is -0.475 e. The highest BCUT2D eigenvalue weighted by atomic mass is 16.4. The van der Waals surface area contributed by atoms with Crippen molar-refractivity contribution in [3.05, 3.63) is 46.0 Å². The fourth-order valence-electron chi connectivity index (χ4n) is 1.58. The summed E-state index contributed by atoms with van der Waals surface area (Å²) in [5.74, 6) is -1.91. The predicted molar refractivity (Wildman–Crippen MR) is 62.9 cm³/mol. The lowest BCUT2D eigenvalue weighted by molar-refractivity contribution is 0.0659. The van der Waals surface area contributed by atoms with E-state index in [2.05, 4.69) is 10.3 Å². The molecule has 2 heterocycles. The summed E-state index contributed by atoms with van der Waals surface area (Å²) in [5.41, 5.74) is 0.103. The van der Waals surface area contributed by atoms with Gasteiger partial charge in [-0.2, -0.15) is 0 Å². The van der Waals surface area contributed by atoms with Crippen LogP contribution in [-0.2, 0) is 13.6 Å². The maximum Gasteiger partial charge on any atom is 0.372 e. The number of carbonyl (C=O) groups excluding carboxylic acids is 1. The number of H-pyrrole nitrogens is 1. The number of carbonyl (C=O) groups is 2. The number of imidazole rings is 1. The Labute approximate surface area is 106 Å². The van der Waals surface area contributed by atoms with Gasteiger partial charge in [0.05, 0.1) is 6.26 Å². The van der Waals surface area contributed by atoms with E-state index in [4.69, 9.17) is 9.52 Å². The molecule has 100 valence electrons. The number of aromatic nitrogens is 2. The highest BCUT2D eigenvalue weighted by Gasteiger charge is 2.16. The van der Waals surface area contributed by atoms with Gasteiger partial charge in [0, 0.05) is 25.4 Å². The first-order valence-electron chi connectivity index (χ1n) is 5.33. The molecule has 3 N–H and O–H groups in total. The van der Waals surface area contributed by atoms with Crippen LogP contribution in [0.3, 0.4) is 0 Å². The van der Waals surface area contributed by atoms with E-state index in [1.54, 1.807) is 0 Å². The normalized spacial score (nSPS) is 10.4. The first-order chi connectivity index (χ1) is 9.00. The summed E-state index contributed by atoms with van der Waals surface area (Å²) in [6.45, 7) is -0.00363. The lowest BCUT2D eigenvalue weighted by atomic mass is 10.2. The van der Waals surface area contributed by atoms with Gasteiger partial charge in [0.25, 0.3) is 5.91 Å². The lowest BCUT2D eigenvalue weighted by Crippen LogP contribution is -2.27. The minimum absolute atomic E-state index is 0.00363. The number of carboxylic acid groups (broad SMARTS) is 1. The van der Waals surface area contributed by atoms with Crippen molar-refractivity contribution in [3.8, 4) is 0 Å². The van der Waals surface area contributed by atoms with Crippen molar-refractivity contribution in [1.29, 1.82) is 0 Å². The number of nitrogens with one attached hydrogen (secondary N) is 2. The van der Waals surface area contributed by atoms with Crippen molar-refractivity contribution in [2.45, 2.75) is 6.54 Å². The van der Waals surface area contributed by atoms with E-state index in [0.29, 0.717) is 5.56 Å². The van der Waals surface area contributed by atoms with Crippen molar-refractivity contribution < 1.29 is 19.1 Å². The number of furan rings is 1. The highest BCUT2D eigenvalue weighted by molar-refractivity contribution is 5.92. The highest BCUT2D eigenvalue weighted by Crippen LogP contribution is 2.10. The zero-order valence-electron chi connectivity index (χ0n) is 9.97. The first-order valence-corrected chi connectivity index (χ1v) is 5.33. The third-order valence-electron chi connectivity index (χ3n) is 2.61. The van der Waals surface area contributed by atoms with Crippen LogP contribution in [0.5, 0.6) is 0 Å². The first kappa shape index (κ1) is 12.7. The Hall–Kier alpha value is -2.77. The molecule has 2 aromatic heterocycles. The predicted octanol–water partition coefficient (Wildman–Crippen LogP) is -0.0654. The molecule has 0 aliphatic carbocycles. The lowest BCUT2D eigenvalue weighted by Gasteiger charge is -2.04. The van der Waals surface area contributed by atoms with Crippen LogP contribution in [0, 0.1) is 0 Å². The summed E-state index contributed by atoms with van der Waals surface area (Å²) >= 11 is 0. The molecule has 0 aromatic carbocycles. The van der Waals surface area contributed by atoms with Crippen molar-refractivity contribution >= 4 is 11.9 Å². The van der Waals surface area contributed by atoms with E-state index in [1.165, 1.54) is 25.6 Å². The molecule has 8 nitrogen and oxygen atoms in total. The molecule has 1 amide bonds. The van der Waals surface area contributed by atoms with Gasteiger partial charge >= 0.3 is 11.7 Å². The van der Waals surface area contributed by atoms with E-state index >= 15 is 0 Å². The second-order valence-corrected chi connectivity index (χ2v) is 3.80.